The number of rotatable bonds is 4. The van der Waals surface area contributed by atoms with Gasteiger partial charge in [-0.05, 0) is 42.5 Å². The number of benzene rings is 1. The fraction of sp³-hybridized carbons (Fsp3) is 0.364. The van der Waals surface area contributed by atoms with Crippen molar-refractivity contribution in [1.29, 1.82) is 0 Å². The molecule has 1 aromatic rings. The lowest BCUT2D eigenvalue weighted by atomic mass is 10.1. The zero-order chi connectivity index (χ0) is 14.3. The molecule has 104 valence electrons. The summed E-state index contributed by atoms with van der Waals surface area (Å²) in [6.45, 7) is 0. The average Bonchev–Trinajstić information content (AvgIpc) is 3.11. The van der Waals surface area contributed by atoms with Crippen LogP contribution in [0.4, 0.5) is 13.2 Å². The van der Waals surface area contributed by atoms with Gasteiger partial charge in [-0.25, -0.2) is 0 Å². The summed E-state index contributed by atoms with van der Waals surface area (Å²) in [5.41, 5.74) is -4.90. The van der Waals surface area contributed by atoms with Crippen LogP contribution in [0.15, 0.2) is 18.2 Å². The Morgan fingerprint density at radius 1 is 1.26 bits per heavy atom. The molecular formula is C11H9F3O4S. The molecule has 2 rings (SSSR count). The fourth-order valence-corrected chi connectivity index (χ4v) is 2.08. The van der Waals surface area contributed by atoms with Gasteiger partial charge in [-0.1, -0.05) is 0 Å². The molecular weight excluding hydrogens is 285 g/mol. The average molecular weight is 294 g/mol. The summed E-state index contributed by atoms with van der Waals surface area (Å²) in [5, 5.41) is 0. The molecule has 4 nitrogen and oxygen atoms in total. The fourth-order valence-electron chi connectivity index (χ4n) is 1.59. The quantitative estimate of drug-likeness (QED) is 0.486. The molecule has 0 atom stereocenters. The maximum atomic E-state index is 12.2. The molecule has 0 bridgehead atoms. The first-order valence-corrected chi connectivity index (χ1v) is 6.75. The zero-order valence-electron chi connectivity index (χ0n) is 9.48. The second-order valence-corrected chi connectivity index (χ2v) is 5.71. The van der Waals surface area contributed by atoms with Crippen LogP contribution in [-0.2, 0) is 10.1 Å². The lowest BCUT2D eigenvalue weighted by Gasteiger charge is -2.13. The first kappa shape index (κ1) is 13.9. The molecule has 19 heavy (non-hydrogen) atoms. The Hall–Kier alpha value is -1.57. The van der Waals surface area contributed by atoms with Gasteiger partial charge in [0.25, 0.3) is 0 Å². The molecule has 1 aromatic carbocycles. The summed E-state index contributed by atoms with van der Waals surface area (Å²) in [5.74, 6) is -0.427. The van der Waals surface area contributed by atoms with Crippen LogP contribution >= 0.6 is 0 Å². The molecule has 8 heteroatoms. The number of hydrogen-bond acceptors (Lipinski definition) is 4. The van der Waals surface area contributed by atoms with Crippen molar-refractivity contribution < 1.29 is 30.6 Å². The van der Waals surface area contributed by atoms with E-state index in [-0.39, 0.29) is 17.2 Å². The van der Waals surface area contributed by atoms with E-state index in [2.05, 4.69) is 4.18 Å². The molecule has 1 saturated carbocycles. The van der Waals surface area contributed by atoms with Gasteiger partial charge in [0.15, 0.2) is 0 Å². The molecule has 0 heterocycles. The van der Waals surface area contributed by atoms with Crippen LogP contribution in [0.2, 0.25) is 0 Å². The highest BCUT2D eigenvalue weighted by atomic mass is 32.2. The van der Waals surface area contributed by atoms with E-state index in [4.69, 9.17) is 0 Å². The summed E-state index contributed by atoms with van der Waals surface area (Å²) in [4.78, 5) is 10.6. The van der Waals surface area contributed by atoms with Crippen molar-refractivity contribution in [2.24, 2.45) is 0 Å². The van der Waals surface area contributed by atoms with E-state index in [1.54, 1.807) is 0 Å². The molecule has 1 aliphatic carbocycles. The van der Waals surface area contributed by atoms with Crippen molar-refractivity contribution in [3.05, 3.63) is 29.3 Å². The summed E-state index contributed by atoms with van der Waals surface area (Å²) < 4.78 is 62.8. The van der Waals surface area contributed by atoms with Crippen molar-refractivity contribution in [2.75, 3.05) is 0 Å². The first-order valence-electron chi connectivity index (χ1n) is 5.34. The van der Waals surface area contributed by atoms with Crippen molar-refractivity contribution in [1.82, 2.24) is 0 Å². The summed E-state index contributed by atoms with van der Waals surface area (Å²) >= 11 is 0. The maximum Gasteiger partial charge on any atom is 0.534 e. The van der Waals surface area contributed by atoms with Crippen LogP contribution in [0.3, 0.4) is 0 Å². The summed E-state index contributed by atoms with van der Waals surface area (Å²) in [6.07, 6.45) is 1.99. The molecule has 0 N–H and O–H groups in total. The molecule has 0 amide bonds. The molecule has 0 spiro atoms. The predicted octanol–water partition coefficient (Wildman–Crippen LogP) is 2.60. The standard InChI is InChI=1S/C11H9F3O4S/c12-11(13,14)19(16,17)18-10-4-1-7(6-15)5-9(10)8-2-3-8/h1,4-6,8H,2-3H2. The normalized spacial score (nSPS) is 16.2. The van der Waals surface area contributed by atoms with E-state index in [1.807, 2.05) is 0 Å². The Kier molecular flexibility index (Phi) is 3.29. The third-order valence-corrected chi connectivity index (χ3v) is 3.64. The second kappa shape index (κ2) is 4.52. The molecule has 0 aliphatic heterocycles. The molecule has 0 radical (unpaired) electrons. The minimum Gasteiger partial charge on any atom is -0.376 e. The third kappa shape index (κ3) is 2.89. The molecule has 0 saturated heterocycles. The predicted molar refractivity (Wildman–Crippen MR) is 59.4 cm³/mol. The van der Waals surface area contributed by atoms with Crippen LogP contribution in [0.5, 0.6) is 5.75 Å². The monoisotopic (exact) mass is 294 g/mol. The van der Waals surface area contributed by atoms with E-state index < -0.39 is 15.6 Å². The van der Waals surface area contributed by atoms with E-state index in [0.29, 0.717) is 11.8 Å². The van der Waals surface area contributed by atoms with E-state index in [9.17, 15) is 26.4 Å². The number of carbonyl (C=O) groups excluding carboxylic acids is 1. The largest absolute Gasteiger partial charge is 0.534 e. The van der Waals surface area contributed by atoms with Gasteiger partial charge in [0.05, 0.1) is 0 Å². The van der Waals surface area contributed by atoms with Crippen LogP contribution < -0.4 is 4.18 Å². The number of carbonyl (C=O) groups is 1. The minimum atomic E-state index is -5.69. The van der Waals surface area contributed by atoms with Gasteiger partial charge in [-0.2, -0.15) is 21.6 Å². The van der Waals surface area contributed by atoms with Crippen molar-refractivity contribution in [2.45, 2.75) is 24.3 Å². The molecule has 0 unspecified atom stereocenters. The Bertz CT molecular complexity index is 603. The molecule has 0 aromatic heterocycles. The highest BCUT2D eigenvalue weighted by molar-refractivity contribution is 7.88. The zero-order valence-corrected chi connectivity index (χ0v) is 10.3. The topological polar surface area (TPSA) is 60.4 Å². The SMILES string of the molecule is O=Cc1ccc(OS(=O)(=O)C(F)(F)F)c(C2CC2)c1. The number of alkyl halides is 3. The number of aldehydes is 1. The van der Waals surface area contributed by atoms with Crippen molar-refractivity contribution in [3.63, 3.8) is 0 Å². The summed E-state index contributed by atoms with van der Waals surface area (Å²) in [6, 6.07) is 3.63. The van der Waals surface area contributed by atoms with Crippen LogP contribution in [0.1, 0.15) is 34.7 Å². The van der Waals surface area contributed by atoms with Gasteiger partial charge in [0, 0.05) is 5.56 Å². The highest BCUT2D eigenvalue weighted by Gasteiger charge is 2.49. The second-order valence-electron chi connectivity index (χ2n) is 4.17. The van der Waals surface area contributed by atoms with Gasteiger partial charge >= 0.3 is 15.6 Å². The van der Waals surface area contributed by atoms with Crippen molar-refractivity contribution in [3.8, 4) is 5.75 Å². The minimum absolute atomic E-state index is 0.0571. The Morgan fingerprint density at radius 2 is 1.89 bits per heavy atom. The van der Waals surface area contributed by atoms with Gasteiger partial charge < -0.3 is 4.18 Å². The van der Waals surface area contributed by atoms with E-state index in [0.717, 1.165) is 18.9 Å². The van der Waals surface area contributed by atoms with Crippen LogP contribution in [0.25, 0.3) is 0 Å². The van der Waals surface area contributed by atoms with E-state index in [1.165, 1.54) is 12.1 Å². The highest BCUT2D eigenvalue weighted by Crippen LogP contribution is 2.45. The lowest BCUT2D eigenvalue weighted by Crippen LogP contribution is -2.28. The van der Waals surface area contributed by atoms with Gasteiger partial charge in [0.2, 0.25) is 0 Å². The lowest BCUT2D eigenvalue weighted by molar-refractivity contribution is -0.0500. The maximum absolute atomic E-state index is 12.2. The van der Waals surface area contributed by atoms with Gasteiger partial charge in [-0.3, -0.25) is 4.79 Å². The molecule has 1 fully saturated rings. The van der Waals surface area contributed by atoms with Gasteiger partial charge in [0.1, 0.15) is 12.0 Å². The number of hydrogen-bond donors (Lipinski definition) is 0. The molecule has 1 aliphatic rings. The number of halogens is 3. The van der Waals surface area contributed by atoms with Crippen molar-refractivity contribution >= 4 is 16.4 Å². The Morgan fingerprint density at radius 3 is 2.37 bits per heavy atom. The smallest absolute Gasteiger partial charge is 0.376 e. The third-order valence-electron chi connectivity index (χ3n) is 2.67. The summed E-state index contributed by atoms with van der Waals surface area (Å²) in [7, 11) is -5.69. The first-order chi connectivity index (χ1) is 8.74. The van der Waals surface area contributed by atoms with E-state index >= 15 is 0 Å². The van der Waals surface area contributed by atoms with Crippen LogP contribution in [-0.4, -0.2) is 20.2 Å². The van der Waals surface area contributed by atoms with Crippen LogP contribution in [0, 0.1) is 0 Å². The Labute approximate surface area is 107 Å². The Balaban J connectivity index is 2.38. The van der Waals surface area contributed by atoms with Gasteiger partial charge in [-0.15, -0.1) is 0 Å².